The van der Waals surface area contributed by atoms with E-state index < -0.39 is 0 Å². The maximum Gasteiger partial charge on any atom is 0.258 e. The van der Waals surface area contributed by atoms with Crippen molar-refractivity contribution in [2.24, 2.45) is 7.05 Å². The summed E-state index contributed by atoms with van der Waals surface area (Å²) in [5.41, 5.74) is 3.11. The minimum atomic E-state index is -0.380. The predicted molar refractivity (Wildman–Crippen MR) is 140 cm³/mol. The highest BCUT2D eigenvalue weighted by Crippen LogP contribution is 2.30. The van der Waals surface area contributed by atoms with Gasteiger partial charge >= 0.3 is 0 Å². The number of fused-ring (bicyclic) bond motifs is 1. The van der Waals surface area contributed by atoms with Crippen molar-refractivity contribution in [2.75, 3.05) is 16.0 Å². The van der Waals surface area contributed by atoms with E-state index in [1.54, 1.807) is 23.2 Å². The number of carbonyl (C=O) groups is 2. The van der Waals surface area contributed by atoms with E-state index in [0.29, 0.717) is 22.9 Å². The van der Waals surface area contributed by atoms with E-state index in [-0.39, 0.29) is 17.4 Å². The Labute approximate surface area is 205 Å². The molecule has 2 amide bonds. The molecule has 0 unspecified atom stereocenters. The lowest BCUT2D eigenvalue weighted by Crippen LogP contribution is -2.16. The monoisotopic (exact) mass is 482 g/mol. The Kier molecular flexibility index (Phi) is 5.99. The number of benzene rings is 2. The van der Waals surface area contributed by atoms with Gasteiger partial charge in [-0.25, -0.2) is 9.97 Å². The topological polar surface area (TPSA) is 101 Å². The van der Waals surface area contributed by atoms with Crippen LogP contribution in [0.15, 0.2) is 78.7 Å². The second-order valence-corrected chi connectivity index (χ2v) is 8.95. The van der Waals surface area contributed by atoms with Crippen LogP contribution in [0, 0.1) is 6.92 Å². The number of rotatable bonds is 6. The van der Waals surface area contributed by atoms with Gasteiger partial charge in [0.2, 0.25) is 0 Å². The Morgan fingerprint density at radius 3 is 2.54 bits per heavy atom. The number of carbonyl (C=O) groups excluding carboxylic acids is 2. The fourth-order valence-electron chi connectivity index (χ4n) is 3.63. The number of aromatic nitrogens is 3. The Bertz CT molecular complexity index is 1550. The zero-order valence-corrected chi connectivity index (χ0v) is 19.9. The number of thiophene rings is 1. The molecule has 35 heavy (non-hydrogen) atoms. The van der Waals surface area contributed by atoms with E-state index in [9.17, 15) is 9.59 Å². The predicted octanol–water partition coefficient (Wildman–Crippen LogP) is 5.59. The van der Waals surface area contributed by atoms with E-state index in [1.807, 2.05) is 67.9 Å². The smallest absolute Gasteiger partial charge is 0.258 e. The van der Waals surface area contributed by atoms with Gasteiger partial charge in [-0.2, -0.15) is 0 Å². The van der Waals surface area contributed by atoms with Crippen molar-refractivity contribution in [3.05, 3.63) is 95.4 Å². The van der Waals surface area contributed by atoms with Gasteiger partial charge in [-0.15, -0.1) is 11.3 Å². The lowest BCUT2D eigenvalue weighted by atomic mass is 10.1. The average Bonchev–Trinajstić information content (AvgIpc) is 3.47. The Morgan fingerprint density at radius 2 is 1.74 bits per heavy atom. The number of nitrogens with one attached hydrogen (secondary N) is 3. The first kappa shape index (κ1) is 22.3. The number of imidazole rings is 1. The van der Waals surface area contributed by atoms with Gasteiger partial charge in [0.1, 0.15) is 0 Å². The van der Waals surface area contributed by atoms with E-state index in [0.717, 1.165) is 21.3 Å². The number of anilines is 4. The molecule has 0 aliphatic rings. The van der Waals surface area contributed by atoms with Crippen LogP contribution in [0.4, 0.5) is 23.0 Å². The molecule has 5 aromatic rings. The first-order valence-electron chi connectivity index (χ1n) is 10.9. The summed E-state index contributed by atoms with van der Waals surface area (Å²) in [4.78, 5) is 34.7. The van der Waals surface area contributed by atoms with Crippen molar-refractivity contribution >= 4 is 56.2 Å². The Morgan fingerprint density at radius 1 is 0.943 bits per heavy atom. The summed E-state index contributed by atoms with van der Waals surface area (Å²) in [7, 11) is 1.82. The first-order valence-corrected chi connectivity index (χ1v) is 11.8. The Balaban J connectivity index is 1.48. The molecule has 9 heteroatoms. The van der Waals surface area contributed by atoms with Crippen molar-refractivity contribution in [1.82, 2.24) is 14.5 Å². The van der Waals surface area contributed by atoms with Crippen LogP contribution in [0.2, 0.25) is 0 Å². The molecule has 0 saturated heterocycles. The molecular weight excluding hydrogens is 460 g/mol. The fourth-order valence-corrected chi connectivity index (χ4v) is 4.57. The number of nitrogens with zero attached hydrogens (tertiary/aromatic N) is 3. The lowest BCUT2D eigenvalue weighted by molar-refractivity contribution is 0.101. The average molecular weight is 483 g/mol. The molecule has 0 spiro atoms. The maximum atomic E-state index is 13.3. The van der Waals surface area contributed by atoms with Crippen molar-refractivity contribution in [3.63, 3.8) is 0 Å². The lowest BCUT2D eigenvalue weighted by Gasteiger charge is -2.15. The number of hydrogen-bond acceptors (Lipinski definition) is 6. The van der Waals surface area contributed by atoms with E-state index >= 15 is 0 Å². The van der Waals surface area contributed by atoms with Crippen LogP contribution < -0.4 is 16.0 Å². The van der Waals surface area contributed by atoms with Crippen LogP contribution in [0.5, 0.6) is 0 Å². The largest absolute Gasteiger partial charge is 0.338 e. The molecule has 174 valence electrons. The summed E-state index contributed by atoms with van der Waals surface area (Å²) < 4.78 is 2.76. The van der Waals surface area contributed by atoms with Crippen molar-refractivity contribution in [2.45, 2.75) is 6.92 Å². The van der Waals surface area contributed by atoms with Crippen LogP contribution in [0.25, 0.3) is 10.1 Å². The second kappa shape index (κ2) is 9.40. The van der Waals surface area contributed by atoms with E-state index in [1.165, 1.54) is 17.5 Å². The van der Waals surface area contributed by atoms with Crippen molar-refractivity contribution in [3.8, 4) is 0 Å². The van der Waals surface area contributed by atoms with Gasteiger partial charge in [-0.05, 0) is 30.7 Å². The number of para-hydroxylation sites is 1. The highest BCUT2D eigenvalue weighted by atomic mass is 32.1. The van der Waals surface area contributed by atoms with Gasteiger partial charge in [0.25, 0.3) is 11.8 Å². The maximum absolute atomic E-state index is 13.3. The molecule has 3 heterocycles. The van der Waals surface area contributed by atoms with E-state index in [4.69, 9.17) is 0 Å². The minimum Gasteiger partial charge on any atom is -0.338 e. The zero-order chi connectivity index (χ0) is 24.4. The van der Waals surface area contributed by atoms with Gasteiger partial charge in [0.05, 0.1) is 23.1 Å². The normalized spacial score (nSPS) is 10.8. The highest BCUT2D eigenvalue weighted by Gasteiger charge is 2.18. The molecule has 0 radical (unpaired) electrons. The number of aryl methyl sites for hydroxylation is 2. The molecule has 3 N–H and O–H groups in total. The second-order valence-electron chi connectivity index (χ2n) is 8.04. The minimum absolute atomic E-state index is 0.278. The van der Waals surface area contributed by atoms with Gasteiger partial charge in [-0.1, -0.05) is 36.4 Å². The van der Waals surface area contributed by atoms with Crippen molar-refractivity contribution < 1.29 is 9.59 Å². The molecule has 3 aromatic heterocycles. The van der Waals surface area contributed by atoms with Crippen LogP contribution in [-0.2, 0) is 7.05 Å². The molecule has 0 saturated carbocycles. The summed E-state index contributed by atoms with van der Waals surface area (Å²) in [5, 5.41) is 11.7. The summed E-state index contributed by atoms with van der Waals surface area (Å²) >= 11 is 1.51. The number of hydrogen-bond donors (Lipinski definition) is 3. The summed E-state index contributed by atoms with van der Waals surface area (Å²) in [6, 6.07) is 17.1. The van der Waals surface area contributed by atoms with Gasteiger partial charge < -0.3 is 20.5 Å². The number of amides is 2. The standard InChI is InChI=1S/C26H22N6O2S/c1-16-7-3-5-9-20(16)29-24-21(30-26(34)19-14-35-22-10-6-4-8-18(19)22)11-17(12-27-24)25(33)31-23-13-32(2)15-28-23/h3-15H,1-2H3,(H,27,29)(H,30,34)(H,31,33). The molecule has 0 aliphatic carbocycles. The van der Waals surface area contributed by atoms with Crippen LogP contribution >= 0.6 is 11.3 Å². The summed E-state index contributed by atoms with van der Waals surface area (Å²) in [6.07, 6.45) is 4.76. The molecular formula is C26H22N6O2S. The molecule has 8 nitrogen and oxygen atoms in total. The van der Waals surface area contributed by atoms with Gasteiger partial charge in [0.15, 0.2) is 11.6 Å². The van der Waals surface area contributed by atoms with Gasteiger partial charge in [-0.3, -0.25) is 9.59 Å². The van der Waals surface area contributed by atoms with Crippen LogP contribution in [0.3, 0.4) is 0 Å². The summed E-state index contributed by atoms with van der Waals surface area (Å²) in [6.45, 7) is 1.98. The quantitative estimate of drug-likeness (QED) is 0.293. The SMILES string of the molecule is Cc1ccccc1Nc1ncc(C(=O)Nc2cn(C)cn2)cc1NC(=O)c1csc2ccccc12. The van der Waals surface area contributed by atoms with Crippen LogP contribution in [0.1, 0.15) is 26.3 Å². The van der Waals surface area contributed by atoms with E-state index in [2.05, 4.69) is 25.9 Å². The zero-order valence-electron chi connectivity index (χ0n) is 19.1. The summed E-state index contributed by atoms with van der Waals surface area (Å²) in [5.74, 6) is 0.200. The molecule has 0 aliphatic heterocycles. The van der Waals surface area contributed by atoms with Crippen molar-refractivity contribution in [1.29, 1.82) is 0 Å². The Hall–Kier alpha value is -4.50. The number of pyridine rings is 1. The first-order chi connectivity index (χ1) is 17.0. The third-order valence-corrected chi connectivity index (χ3v) is 6.43. The molecule has 0 fully saturated rings. The third-order valence-electron chi connectivity index (χ3n) is 5.47. The third kappa shape index (κ3) is 4.75. The fraction of sp³-hybridized carbons (Fsp3) is 0.0769. The molecule has 0 atom stereocenters. The molecule has 0 bridgehead atoms. The van der Waals surface area contributed by atoms with Crippen LogP contribution in [-0.4, -0.2) is 26.3 Å². The highest BCUT2D eigenvalue weighted by molar-refractivity contribution is 7.17. The van der Waals surface area contributed by atoms with Gasteiger partial charge in [0, 0.05) is 40.6 Å². The molecule has 5 rings (SSSR count). The molecule has 2 aromatic carbocycles.